The van der Waals surface area contributed by atoms with E-state index in [0.717, 1.165) is 37.8 Å². The molecule has 0 fully saturated rings. The minimum absolute atomic E-state index is 0.335. The van der Waals surface area contributed by atoms with Crippen molar-refractivity contribution in [2.45, 2.75) is 6.54 Å². The van der Waals surface area contributed by atoms with Gasteiger partial charge < -0.3 is 9.30 Å². The second-order valence-corrected chi connectivity index (χ2v) is 8.33. The fraction of sp³-hybridized carbons (Fsp3) is 0.0714. The molecular formula is C28H22ClN3O2. The van der Waals surface area contributed by atoms with Crippen molar-refractivity contribution in [1.29, 1.82) is 0 Å². The smallest absolute Gasteiger partial charge is 0.275 e. The maximum atomic E-state index is 12.9. The molecule has 5 aromatic rings. The van der Waals surface area contributed by atoms with Crippen molar-refractivity contribution in [3.05, 3.63) is 113 Å². The molecule has 0 aliphatic heterocycles. The lowest BCUT2D eigenvalue weighted by molar-refractivity contribution is 0.0952. The summed E-state index contributed by atoms with van der Waals surface area (Å²) >= 11 is 6.37. The van der Waals surface area contributed by atoms with Gasteiger partial charge in [0.1, 0.15) is 5.75 Å². The number of nitrogens with one attached hydrogen (secondary N) is 1. The molecule has 0 spiro atoms. The molecule has 0 atom stereocenters. The third-order valence-corrected chi connectivity index (χ3v) is 6.17. The van der Waals surface area contributed by atoms with Crippen LogP contribution >= 0.6 is 11.6 Å². The third-order valence-electron chi connectivity index (χ3n) is 5.80. The lowest BCUT2D eigenvalue weighted by Gasteiger charge is -2.09. The first kappa shape index (κ1) is 21.7. The van der Waals surface area contributed by atoms with Gasteiger partial charge in [-0.25, -0.2) is 5.43 Å². The summed E-state index contributed by atoms with van der Waals surface area (Å²) in [5.74, 6) is 0.168. The molecule has 0 saturated heterocycles. The van der Waals surface area contributed by atoms with E-state index in [4.69, 9.17) is 16.3 Å². The van der Waals surface area contributed by atoms with Crippen molar-refractivity contribution in [3.63, 3.8) is 0 Å². The summed E-state index contributed by atoms with van der Waals surface area (Å²) < 4.78 is 7.57. The number of ether oxygens (including phenoxy) is 1. The van der Waals surface area contributed by atoms with Crippen LogP contribution in [-0.4, -0.2) is 23.8 Å². The molecule has 1 aromatic heterocycles. The van der Waals surface area contributed by atoms with Gasteiger partial charge >= 0.3 is 0 Å². The van der Waals surface area contributed by atoms with Crippen LogP contribution in [0.4, 0.5) is 0 Å². The second-order valence-electron chi connectivity index (χ2n) is 7.92. The molecule has 168 valence electrons. The van der Waals surface area contributed by atoms with Crippen molar-refractivity contribution < 1.29 is 9.53 Å². The molecular weight excluding hydrogens is 446 g/mol. The molecule has 0 radical (unpaired) electrons. The molecule has 0 bridgehead atoms. The summed E-state index contributed by atoms with van der Waals surface area (Å²) in [5.41, 5.74) is 6.06. The number of para-hydroxylation sites is 1. The Hall–Kier alpha value is -4.09. The Morgan fingerprint density at radius 3 is 2.50 bits per heavy atom. The van der Waals surface area contributed by atoms with Crippen LogP contribution in [0.2, 0.25) is 5.02 Å². The van der Waals surface area contributed by atoms with Gasteiger partial charge in [0.15, 0.2) is 0 Å². The zero-order chi connectivity index (χ0) is 23.5. The number of fused-ring (bicyclic) bond motifs is 2. The number of aromatic nitrogens is 1. The molecule has 6 heteroatoms. The van der Waals surface area contributed by atoms with Gasteiger partial charge in [0.25, 0.3) is 5.91 Å². The van der Waals surface area contributed by atoms with Crippen LogP contribution in [0.1, 0.15) is 21.5 Å². The molecule has 5 rings (SSSR count). The molecule has 5 nitrogen and oxygen atoms in total. The number of carbonyl (C=O) groups excluding carboxylic acids is 1. The molecule has 1 amide bonds. The predicted octanol–water partition coefficient (Wildman–Crippen LogP) is 6.27. The standard InChI is InChI=1S/C28H22ClN3O2/c1-34-27-15-20-9-3-2-8-19(20)14-24(27)28(33)31-30-16-22-18-32(26-13-7-5-11-23(22)26)17-21-10-4-6-12-25(21)29/h2-16,18H,17H2,1H3,(H,31,33)/b30-16-. The normalized spacial score (nSPS) is 11.4. The maximum Gasteiger partial charge on any atom is 0.275 e. The van der Waals surface area contributed by atoms with Crippen LogP contribution in [0.15, 0.2) is 96.2 Å². The number of carbonyl (C=O) groups is 1. The van der Waals surface area contributed by atoms with Gasteiger partial charge in [-0.3, -0.25) is 4.79 Å². The highest BCUT2D eigenvalue weighted by molar-refractivity contribution is 6.31. The minimum Gasteiger partial charge on any atom is -0.496 e. The lowest BCUT2D eigenvalue weighted by atomic mass is 10.1. The predicted molar refractivity (Wildman–Crippen MR) is 138 cm³/mol. The first-order valence-electron chi connectivity index (χ1n) is 10.9. The average molecular weight is 468 g/mol. The number of amides is 1. The fourth-order valence-corrected chi connectivity index (χ4v) is 4.30. The average Bonchev–Trinajstić information content (AvgIpc) is 3.22. The van der Waals surface area contributed by atoms with E-state index in [1.54, 1.807) is 13.3 Å². The summed E-state index contributed by atoms with van der Waals surface area (Å²) in [7, 11) is 1.55. The topological polar surface area (TPSA) is 55.6 Å². The Labute approximate surface area is 202 Å². The zero-order valence-electron chi connectivity index (χ0n) is 18.5. The molecule has 4 aromatic carbocycles. The lowest BCUT2D eigenvalue weighted by Crippen LogP contribution is -2.18. The van der Waals surface area contributed by atoms with E-state index in [0.29, 0.717) is 17.9 Å². The van der Waals surface area contributed by atoms with Crippen LogP contribution in [0, 0.1) is 0 Å². The molecule has 0 aliphatic rings. The Morgan fingerprint density at radius 2 is 1.71 bits per heavy atom. The van der Waals surface area contributed by atoms with Gasteiger partial charge in [0.05, 0.1) is 18.9 Å². The van der Waals surface area contributed by atoms with E-state index in [2.05, 4.69) is 21.2 Å². The van der Waals surface area contributed by atoms with E-state index < -0.39 is 0 Å². The molecule has 1 heterocycles. The number of hydrogen-bond donors (Lipinski definition) is 1. The minimum atomic E-state index is -0.335. The second kappa shape index (κ2) is 9.41. The molecule has 34 heavy (non-hydrogen) atoms. The SMILES string of the molecule is COc1cc2ccccc2cc1C(=O)N/N=C\c1cn(Cc2ccccc2Cl)c2ccccc12. The maximum absolute atomic E-state index is 12.9. The van der Waals surface area contributed by atoms with Crippen LogP contribution < -0.4 is 10.2 Å². The zero-order valence-corrected chi connectivity index (χ0v) is 19.3. The monoisotopic (exact) mass is 467 g/mol. The van der Waals surface area contributed by atoms with Crippen molar-refractivity contribution in [2.75, 3.05) is 7.11 Å². The quantitative estimate of drug-likeness (QED) is 0.236. The summed E-state index contributed by atoms with van der Waals surface area (Å²) in [6.07, 6.45) is 3.68. The van der Waals surface area contributed by atoms with Crippen molar-refractivity contribution in [1.82, 2.24) is 9.99 Å². The highest BCUT2D eigenvalue weighted by atomic mass is 35.5. The highest BCUT2D eigenvalue weighted by Gasteiger charge is 2.14. The van der Waals surface area contributed by atoms with Crippen LogP contribution in [0.25, 0.3) is 21.7 Å². The van der Waals surface area contributed by atoms with Gasteiger partial charge in [-0.15, -0.1) is 0 Å². The Kier molecular flexibility index (Phi) is 6.02. The van der Waals surface area contributed by atoms with E-state index >= 15 is 0 Å². The largest absolute Gasteiger partial charge is 0.496 e. The molecule has 0 aliphatic carbocycles. The summed E-state index contributed by atoms with van der Waals surface area (Å²) in [4.78, 5) is 12.9. The van der Waals surface area contributed by atoms with Crippen molar-refractivity contribution in [3.8, 4) is 5.75 Å². The number of benzene rings is 4. The Balaban J connectivity index is 1.41. The van der Waals surface area contributed by atoms with E-state index in [1.165, 1.54) is 0 Å². The number of halogens is 1. The summed E-state index contributed by atoms with van der Waals surface area (Å²) in [6.45, 7) is 0.634. The Morgan fingerprint density at radius 1 is 1.00 bits per heavy atom. The number of rotatable bonds is 6. The van der Waals surface area contributed by atoms with E-state index in [1.807, 2.05) is 85.1 Å². The summed E-state index contributed by atoms with van der Waals surface area (Å²) in [6, 6.07) is 27.4. The van der Waals surface area contributed by atoms with Gasteiger partial charge in [-0.1, -0.05) is 72.3 Å². The molecule has 0 saturated carbocycles. The van der Waals surface area contributed by atoms with Crippen LogP contribution in [0.3, 0.4) is 0 Å². The summed E-state index contributed by atoms with van der Waals surface area (Å²) in [5, 5.41) is 7.97. The Bertz CT molecular complexity index is 1540. The highest BCUT2D eigenvalue weighted by Crippen LogP contribution is 2.26. The first-order chi connectivity index (χ1) is 16.6. The third kappa shape index (κ3) is 4.26. The van der Waals surface area contributed by atoms with Crippen molar-refractivity contribution >= 4 is 45.4 Å². The first-order valence-corrected chi connectivity index (χ1v) is 11.2. The van der Waals surface area contributed by atoms with E-state index in [9.17, 15) is 4.79 Å². The number of hydrazone groups is 1. The number of hydrogen-bond acceptors (Lipinski definition) is 3. The van der Waals surface area contributed by atoms with Gasteiger partial charge in [0, 0.05) is 34.2 Å². The van der Waals surface area contributed by atoms with Gasteiger partial charge in [-0.2, -0.15) is 5.10 Å². The van der Waals surface area contributed by atoms with Gasteiger partial charge in [0.2, 0.25) is 0 Å². The van der Waals surface area contributed by atoms with Gasteiger partial charge in [-0.05, 0) is 40.6 Å². The molecule has 0 unspecified atom stereocenters. The van der Waals surface area contributed by atoms with Crippen LogP contribution in [0.5, 0.6) is 5.75 Å². The number of methoxy groups -OCH3 is 1. The van der Waals surface area contributed by atoms with E-state index in [-0.39, 0.29) is 5.91 Å². The molecule has 1 N–H and O–H groups in total. The van der Waals surface area contributed by atoms with Crippen LogP contribution in [-0.2, 0) is 6.54 Å². The fourth-order valence-electron chi connectivity index (χ4n) is 4.11. The number of nitrogens with zero attached hydrogens (tertiary/aromatic N) is 2. The van der Waals surface area contributed by atoms with Crippen molar-refractivity contribution in [2.24, 2.45) is 5.10 Å².